The largest absolute Gasteiger partial charge is 0.462 e. The molecule has 2 rings (SSSR count). The van der Waals surface area contributed by atoms with Gasteiger partial charge in [-0.3, -0.25) is 4.90 Å². The van der Waals surface area contributed by atoms with Gasteiger partial charge in [0.2, 0.25) is 0 Å². The van der Waals surface area contributed by atoms with Crippen LogP contribution in [0, 0.1) is 0 Å². The van der Waals surface area contributed by atoms with Crippen LogP contribution in [-0.2, 0) is 13.2 Å². The van der Waals surface area contributed by atoms with Crippen LogP contribution in [-0.4, -0.2) is 35.7 Å². The lowest BCUT2D eigenvalue weighted by Crippen LogP contribution is -2.37. The van der Waals surface area contributed by atoms with Gasteiger partial charge in [0.25, 0.3) is 0 Å². The van der Waals surface area contributed by atoms with Crippen LogP contribution in [0.25, 0.3) is 0 Å². The van der Waals surface area contributed by atoms with Gasteiger partial charge in [-0.05, 0) is 38.1 Å². The van der Waals surface area contributed by atoms with Crippen molar-refractivity contribution in [2.24, 2.45) is 0 Å². The minimum atomic E-state index is -0.0216. The molecule has 0 aromatic carbocycles. The third kappa shape index (κ3) is 3.31. The summed E-state index contributed by atoms with van der Waals surface area (Å²) in [6.45, 7) is 6.34. The highest BCUT2D eigenvalue weighted by molar-refractivity contribution is 5.06. The molecule has 1 saturated heterocycles. The SMILES string of the molecule is CCN1CCCC1CNCc1ccc(CO)o1. The van der Waals surface area contributed by atoms with E-state index in [2.05, 4.69) is 17.1 Å². The molecule has 0 saturated carbocycles. The molecule has 0 aliphatic carbocycles. The third-order valence-electron chi connectivity index (χ3n) is 3.46. The van der Waals surface area contributed by atoms with E-state index in [9.17, 15) is 0 Å². The van der Waals surface area contributed by atoms with Gasteiger partial charge in [0.15, 0.2) is 0 Å². The zero-order valence-electron chi connectivity index (χ0n) is 10.5. The van der Waals surface area contributed by atoms with Gasteiger partial charge in [-0.15, -0.1) is 0 Å². The van der Waals surface area contributed by atoms with Gasteiger partial charge in [-0.25, -0.2) is 0 Å². The maximum atomic E-state index is 8.89. The van der Waals surface area contributed by atoms with Gasteiger partial charge in [-0.2, -0.15) is 0 Å². The van der Waals surface area contributed by atoms with Crippen LogP contribution in [0.1, 0.15) is 31.3 Å². The monoisotopic (exact) mass is 238 g/mol. The summed E-state index contributed by atoms with van der Waals surface area (Å²) >= 11 is 0. The maximum absolute atomic E-state index is 8.89. The average molecular weight is 238 g/mol. The van der Waals surface area contributed by atoms with Crippen LogP contribution in [0.2, 0.25) is 0 Å². The van der Waals surface area contributed by atoms with Crippen molar-refractivity contribution < 1.29 is 9.52 Å². The molecule has 17 heavy (non-hydrogen) atoms. The van der Waals surface area contributed by atoms with Crippen molar-refractivity contribution in [3.63, 3.8) is 0 Å². The van der Waals surface area contributed by atoms with Crippen molar-refractivity contribution in [3.8, 4) is 0 Å². The number of nitrogens with zero attached hydrogens (tertiary/aromatic N) is 1. The first kappa shape index (κ1) is 12.6. The van der Waals surface area contributed by atoms with Gasteiger partial charge in [0.1, 0.15) is 18.1 Å². The molecule has 1 unspecified atom stereocenters. The molecule has 0 radical (unpaired) electrons. The summed E-state index contributed by atoms with van der Waals surface area (Å²) < 4.78 is 5.42. The normalized spacial score (nSPS) is 21.2. The Kier molecular flexibility index (Phi) is 4.59. The minimum absolute atomic E-state index is 0.0216. The highest BCUT2D eigenvalue weighted by Gasteiger charge is 2.22. The molecule has 1 atom stereocenters. The second kappa shape index (κ2) is 6.19. The lowest BCUT2D eigenvalue weighted by molar-refractivity contribution is 0.240. The van der Waals surface area contributed by atoms with Crippen LogP contribution in [0.15, 0.2) is 16.5 Å². The molecule has 1 fully saturated rings. The molecule has 1 aliphatic rings. The Morgan fingerprint density at radius 1 is 1.47 bits per heavy atom. The molecule has 1 aromatic rings. The van der Waals surface area contributed by atoms with Crippen LogP contribution in [0.5, 0.6) is 0 Å². The van der Waals surface area contributed by atoms with E-state index in [1.54, 1.807) is 0 Å². The second-order valence-corrected chi connectivity index (χ2v) is 4.58. The summed E-state index contributed by atoms with van der Waals surface area (Å²) in [5.41, 5.74) is 0. The summed E-state index contributed by atoms with van der Waals surface area (Å²) in [6, 6.07) is 4.42. The van der Waals surface area contributed by atoms with E-state index in [1.807, 2.05) is 12.1 Å². The predicted molar refractivity (Wildman–Crippen MR) is 66.6 cm³/mol. The fraction of sp³-hybridized carbons (Fsp3) is 0.692. The highest BCUT2D eigenvalue weighted by Crippen LogP contribution is 2.15. The third-order valence-corrected chi connectivity index (χ3v) is 3.46. The van der Waals surface area contributed by atoms with E-state index < -0.39 is 0 Å². The zero-order valence-corrected chi connectivity index (χ0v) is 10.5. The Hall–Kier alpha value is -0.840. The Balaban J connectivity index is 1.72. The quantitative estimate of drug-likeness (QED) is 0.785. The van der Waals surface area contributed by atoms with Crippen molar-refractivity contribution in [2.45, 2.75) is 39.0 Å². The maximum Gasteiger partial charge on any atom is 0.129 e. The predicted octanol–water partition coefficient (Wildman–Crippen LogP) is 1.35. The molecule has 0 bridgehead atoms. The van der Waals surface area contributed by atoms with Crippen LogP contribution in [0.4, 0.5) is 0 Å². The van der Waals surface area contributed by atoms with E-state index >= 15 is 0 Å². The molecule has 96 valence electrons. The van der Waals surface area contributed by atoms with Crippen molar-refractivity contribution in [1.82, 2.24) is 10.2 Å². The van der Waals surface area contributed by atoms with E-state index in [-0.39, 0.29) is 6.61 Å². The first-order valence-corrected chi connectivity index (χ1v) is 6.46. The molecule has 1 aliphatic heterocycles. The van der Waals surface area contributed by atoms with E-state index in [4.69, 9.17) is 9.52 Å². The molecule has 1 aromatic heterocycles. The summed E-state index contributed by atoms with van der Waals surface area (Å²) in [5.74, 6) is 1.54. The Bertz CT molecular complexity index is 338. The van der Waals surface area contributed by atoms with Gasteiger partial charge in [-0.1, -0.05) is 6.92 Å². The molecule has 2 heterocycles. The fourth-order valence-corrected chi connectivity index (χ4v) is 2.51. The van der Waals surface area contributed by atoms with Crippen LogP contribution < -0.4 is 5.32 Å². The molecule has 0 spiro atoms. The van der Waals surface area contributed by atoms with Gasteiger partial charge in [0.05, 0.1) is 6.54 Å². The standard InChI is InChI=1S/C13H22N2O2/c1-2-15-7-3-4-11(15)8-14-9-12-5-6-13(10-16)17-12/h5-6,11,14,16H,2-4,7-10H2,1H3. The van der Waals surface area contributed by atoms with E-state index in [0.29, 0.717) is 11.8 Å². The first-order chi connectivity index (χ1) is 8.33. The fourth-order valence-electron chi connectivity index (χ4n) is 2.51. The lowest BCUT2D eigenvalue weighted by Gasteiger charge is -2.22. The van der Waals surface area contributed by atoms with Crippen molar-refractivity contribution in [1.29, 1.82) is 0 Å². The molecule has 0 amide bonds. The van der Waals surface area contributed by atoms with Crippen molar-refractivity contribution >= 4 is 0 Å². The summed E-state index contributed by atoms with van der Waals surface area (Å²) in [7, 11) is 0. The number of likely N-dealkylation sites (tertiary alicyclic amines) is 1. The first-order valence-electron chi connectivity index (χ1n) is 6.46. The zero-order chi connectivity index (χ0) is 12.1. The molecular weight excluding hydrogens is 216 g/mol. The average Bonchev–Trinajstić information content (AvgIpc) is 2.97. The van der Waals surface area contributed by atoms with Crippen molar-refractivity contribution in [3.05, 3.63) is 23.7 Å². The van der Waals surface area contributed by atoms with Crippen LogP contribution >= 0.6 is 0 Å². The minimum Gasteiger partial charge on any atom is -0.462 e. The Morgan fingerprint density at radius 3 is 3.00 bits per heavy atom. The van der Waals surface area contributed by atoms with Gasteiger partial charge >= 0.3 is 0 Å². The molecule has 4 heteroatoms. The topological polar surface area (TPSA) is 48.6 Å². The number of nitrogens with one attached hydrogen (secondary N) is 1. The smallest absolute Gasteiger partial charge is 0.129 e. The summed E-state index contributed by atoms with van der Waals surface area (Å²) in [4.78, 5) is 2.52. The molecular formula is C13H22N2O2. The summed E-state index contributed by atoms with van der Waals surface area (Å²) in [5, 5.41) is 12.3. The van der Waals surface area contributed by atoms with E-state index in [0.717, 1.165) is 25.4 Å². The number of likely N-dealkylation sites (N-methyl/N-ethyl adjacent to an activating group) is 1. The Labute approximate surface area is 103 Å². The van der Waals surface area contributed by atoms with Crippen molar-refractivity contribution in [2.75, 3.05) is 19.6 Å². The Morgan fingerprint density at radius 2 is 2.29 bits per heavy atom. The summed E-state index contributed by atoms with van der Waals surface area (Å²) in [6.07, 6.45) is 2.61. The highest BCUT2D eigenvalue weighted by atomic mass is 16.4. The number of hydrogen-bond donors (Lipinski definition) is 2. The van der Waals surface area contributed by atoms with Gasteiger partial charge in [0, 0.05) is 12.6 Å². The number of furan rings is 1. The van der Waals surface area contributed by atoms with Crippen LogP contribution in [0.3, 0.4) is 0 Å². The molecule has 4 nitrogen and oxygen atoms in total. The number of hydrogen-bond acceptors (Lipinski definition) is 4. The molecule has 2 N–H and O–H groups in total. The number of aliphatic hydroxyl groups excluding tert-OH is 1. The number of rotatable bonds is 6. The second-order valence-electron chi connectivity index (χ2n) is 4.58. The number of aliphatic hydroxyl groups is 1. The van der Waals surface area contributed by atoms with Gasteiger partial charge < -0.3 is 14.8 Å². The lowest BCUT2D eigenvalue weighted by atomic mass is 10.2. The van der Waals surface area contributed by atoms with E-state index in [1.165, 1.54) is 19.4 Å².